The predicted molar refractivity (Wildman–Crippen MR) is 149 cm³/mol. The Morgan fingerprint density at radius 2 is 0.711 bits per heavy atom. The maximum absolute atomic E-state index is 5.57. The number of hydrogen-bond acceptors (Lipinski definition) is 6. The fourth-order valence-electron chi connectivity index (χ4n) is 2.89. The van der Waals surface area contributed by atoms with Gasteiger partial charge in [0.25, 0.3) is 0 Å². The predicted octanol–water partition coefficient (Wildman–Crippen LogP) is 3.14. The molecule has 2 heterocycles. The molecular weight excluding hydrogens is 531 g/mol. The molecule has 0 radical (unpaired) electrons. The summed E-state index contributed by atoms with van der Waals surface area (Å²) in [6.07, 6.45) is 8.28. The summed E-state index contributed by atoms with van der Waals surface area (Å²) >= 11 is 10.8. The standard InChI is InChI=1S/C20H30N2O3.C8H16Cl2O3/c1-19-3-7-21(8-4-19)11-13-23-15-17-25-18-16-24-14-12-22-9-5-20(2)6-10-22;9-1-3-11-5-7-13-8-6-12-4-2-10/h3-10H,11-18H2,1-2H3;1-8H2/q+2;. The number of hydrogen-bond donors (Lipinski definition) is 0. The zero-order chi connectivity index (χ0) is 27.5. The van der Waals surface area contributed by atoms with Gasteiger partial charge < -0.3 is 28.4 Å². The van der Waals surface area contributed by atoms with Crippen LogP contribution < -0.4 is 9.13 Å². The van der Waals surface area contributed by atoms with Crippen molar-refractivity contribution >= 4 is 23.2 Å². The Hall–Kier alpha value is -1.36. The second kappa shape index (κ2) is 25.9. The van der Waals surface area contributed by atoms with Crippen molar-refractivity contribution in [3.63, 3.8) is 0 Å². The molecule has 0 aliphatic heterocycles. The molecule has 0 N–H and O–H groups in total. The van der Waals surface area contributed by atoms with Crippen molar-refractivity contribution in [3.05, 3.63) is 60.2 Å². The maximum Gasteiger partial charge on any atom is 0.171 e. The van der Waals surface area contributed by atoms with E-state index >= 15 is 0 Å². The smallest absolute Gasteiger partial charge is 0.171 e. The molecule has 0 amide bonds. The summed E-state index contributed by atoms with van der Waals surface area (Å²) < 4.78 is 36.3. The summed E-state index contributed by atoms with van der Waals surface area (Å²) in [4.78, 5) is 0. The number of halogens is 2. The Morgan fingerprint density at radius 1 is 0.447 bits per heavy atom. The molecule has 0 aliphatic rings. The molecule has 2 rings (SSSR count). The summed E-state index contributed by atoms with van der Waals surface area (Å²) in [6.45, 7) is 13.2. The molecule has 0 aromatic carbocycles. The van der Waals surface area contributed by atoms with Gasteiger partial charge in [-0.25, -0.2) is 9.13 Å². The molecule has 8 nitrogen and oxygen atoms in total. The van der Waals surface area contributed by atoms with Gasteiger partial charge in [-0.2, -0.15) is 0 Å². The van der Waals surface area contributed by atoms with Crippen LogP contribution in [0.2, 0.25) is 0 Å². The second-order valence-electron chi connectivity index (χ2n) is 8.28. The van der Waals surface area contributed by atoms with Crippen molar-refractivity contribution in [2.75, 3.05) is 91.0 Å². The van der Waals surface area contributed by atoms with Crippen LogP contribution in [-0.4, -0.2) is 91.0 Å². The van der Waals surface area contributed by atoms with E-state index in [1.807, 2.05) is 0 Å². The lowest BCUT2D eigenvalue weighted by molar-refractivity contribution is -0.698. The number of ether oxygens (including phenoxy) is 6. The molecule has 0 bridgehead atoms. The van der Waals surface area contributed by atoms with Crippen molar-refractivity contribution < 1.29 is 37.6 Å². The summed E-state index contributed by atoms with van der Waals surface area (Å²) in [5.74, 6) is 1.05. The molecule has 0 atom stereocenters. The highest BCUT2D eigenvalue weighted by Gasteiger charge is 2.00. The van der Waals surface area contributed by atoms with Crippen LogP contribution >= 0.6 is 23.2 Å². The second-order valence-corrected chi connectivity index (χ2v) is 9.03. The lowest BCUT2D eigenvalue weighted by Crippen LogP contribution is -2.35. The largest absolute Gasteiger partial charge is 0.378 e. The fourth-order valence-corrected chi connectivity index (χ4v) is 3.11. The van der Waals surface area contributed by atoms with Crippen LogP contribution in [0.25, 0.3) is 0 Å². The molecule has 0 spiro atoms. The number of pyridine rings is 2. The summed E-state index contributed by atoms with van der Waals surface area (Å²) in [6, 6.07) is 8.39. The van der Waals surface area contributed by atoms with Crippen LogP contribution in [-0.2, 0) is 41.5 Å². The highest BCUT2D eigenvalue weighted by Crippen LogP contribution is 1.91. The zero-order valence-corrected chi connectivity index (χ0v) is 24.5. The molecule has 216 valence electrons. The van der Waals surface area contributed by atoms with Crippen molar-refractivity contribution in [1.82, 2.24) is 0 Å². The number of nitrogens with zero attached hydrogens (tertiary/aromatic N) is 2. The molecule has 2 aromatic rings. The van der Waals surface area contributed by atoms with Crippen LogP contribution in [0.1, 0.15) is 11.1 Å². The van der Waals surface area contributed by atoms with E-state index in [2.05, 4.69) is 72.0 Å². The first-order chi connectivity index (χ1) is 18.7. The molecule has 0 fully saturated rings. The van der Waals surface area contributed by atoms with Crippen molar-refractivity contribution in [2.24, 2.45) is 0 Å². The summed E-state index contributed by atoms with van der Waals surface area (Å²) in [5, 5.41) is 0. The Balaban J connectivity index is 0.000000471. The highest BCUT2D eigenvalue weighted by molar-refractivity contribution is 6.18. The summed E-state index contributed by atoms with van der Waals surface area (Å²) in [7, 11) is 0. The number of aryl methyl sites for hydroxylation is 2. The lowest BCUT2D eigenvalue weighted by Gasteiger charge is -2.05. The van der Waals surface area contributed by atoms with E-state index in [0.29, 0.717) is 91.0 Å². The van der Waals surface area contributed by atoms with Crippen molar-refractivity contribution in [1.29, 1.82) is 0 Å². The van der Waals surface area contributed by atoms with Crippen LogP contribution in [0.15, 0.2) is 49.1 Å². The van der Waals surface area contributed by atoms with E-state index in [1.54, 1.807) is 0 Å². The first-order valence-electron chi connectivity index (χ1n) is 13.2. The average Bonchev–Trinajstić information content (AvgIpc) is 2.93. The zero-order valence-electron chi connectivity index (χ0n) is 23.0. The van der Waals surface area contributed by atoms with E-state index in [-0.39, 0.29) is 0 Å². The molecule has 0 unspecified atom stereocenters. The van der Waals surface area contributed by atoms with Gasteiger partial charge in [-0.15, -0.1) is 23.2 Å². The minimum absolute atomic E-state index is 0.527. The Kier molecular flexibility index (Phi) is 23.6. The van der Waals surface area contributed by atoms with E-state index in [4.69, 9.17) is 51.6 Å². The van der Waals surface area contributed by atoms with Gasteiger partial charge in [0.1, 0.15) is 13.2 Å². The first kappa shape index (κ1) is 34.7. The Morgan fingerprint density at radius 3 is 1.00 bits per heavy atom. The van der Waals surface area contributed by atoms with Gasteiger partial charge in [0.2, 0.25) is 0 Å². The molecule has 0 aliphatic carbocycles. The van der Waals surface area contributed by atoms with Crippen LogP contribution in [0.3, 0.4) is 0 Å². The van der Waals surface area contributed by atoms with Gasteiger partial charge in [-0.3, -0.25) is 0 Å². The topological polar surface area (TPSA) is 63.1 Å². The molecule has 10 heteroatoms. The minimum atomic E-state index is 0.527. The van der Waals surface area contributed by atoms with Gasteiger partial charge in [0, 0.05) is 36.0 Å². The van der Waals surface area contributed by atoms with Crippen molar-refractivity contribution in [2.45, 2.75) is 26.9 Å². The number of rotatable bonds is 22. The monoisotopic (exact) mass is 576 g/mol. The molecule has 0 saturated heterocycles. The summed E-state index contributed by atoms with van der Waals surface area (Å²) in [5.41, 5.74) is 2.54. The minimum Gasteiger partial charge on any atom is -0.378 e. The van der Waals surface area contributed by atoms with Gasteiger partial charge >= 0.3 is 0 Å². The van der Waals surface area contributed by atoms with Crippen LogP contribution in [0.5, 0.6) is 0 Å². The first-order valence-corrected chi connectivity index (χ1v) is 14.2. The molecule has 38 heavy (non-hydrogen) atoms. The third-order valence-electron chi connectivity index (χ3n) is 5.03. The van der Waals surface area contributed by atoms with Gasteiger partial charge in [-0.05, 0) is 25.0 Å². The third-order valence-corrected chi connectivity index (χ3v) is 5.34. The fraction of sp³-hybridized carbons (Fsp3) is 0.643. The quantitative estimate of drug-likeness (QED) is 0.122. The van der Waals surface area contributed by atoms with E-state index < -0.39 is 0 Å². The van der Waals surface area contributed by atoms with Gasteiger partial charge in [0.05, 0.1) is 66.1 Å². The van der Waals surface area contributed by atoms with E-state index in [1.165, 1.54) is 11.1 Å². The van der Waals surface area contributed by atoms with Crippen LogP contribution in [0, 0.1) is 13.8 Å². The number of aromatic nitrogens is 2. The van der Waals surface area contributed by atoms with E-state index in [9.17, 15) is 0 Å². The molecular formula is C28H46Cl2N2O6+2. The SMILES string of the molecule is Cc1cc[n+](CCOCCOCCOCC[n+]2ccc(C)cc2)cc1.ClCCOCCOCCOCCCl. The Bertz CT molecular complexity index is 705. The van der Waals surface area contributed by atoms with Gasteiger partial charge in [-0.1, -0.05) is 0 Å². The van der Waals surface area contributed by atoms with E-state index in [0.717, 1.165) is 13.1 Å². The van der Waals surface area contributed by atoms with Crippen LogP contribution in [0.4, 0.5) is 0 Å². The number of alkyl halides is 2. The highest BCUT2D eigenvalue weighted by atomic mass is 35.5. The molecule has 0 saturated carbocycles. The van der Waals surface area contributed by atoms with Crippen molar-refractivity contribution in [3.8, 4) is 0 Å². The lowest BCUT2D eigenvalue weighted by atomic mass is 10.3. The average molecular weight is 578 g/mol. The van der Waals surface area contributed by atoms with Gasteiger partial charge in [0.15, 0.2) is 37.9 Å². The third kappa shape index (κ3) is 21.6. The normalized spacial score (nSPS) is 10.8. The maximum atomic E-state index is 5.57. The molecule has 2 aromatic heterocycles. The Labute approximate surface area is 238 Å².